The van der Waals surface area contributed by atoms with Gasteiger partial charge in [0, 0.05) is 16.1 Å². The monoisotopic (exact) mass is 390 g/mol. The molecule has 2 rings (SSSR count). The Morgan fingerprint density at radius 2 is 1.42 bits per heavy atom. The average Bonchev–Trinajstić information content (AvgIpc) is 2.55. The zero-order valence-corrected chi connectivity index (χ0v) is 13.4. The highest BCUT2D eigenvalue weighted by Gasteiger charge is 2.37. The number of thioether (sulfide) groups is 1. The summed E-state index contributed by atoms with van der Waals surface area (Å²) in [6.45, 7) is 0. The predicted octanol–water partition coefficient (Wildman–Crippen LogP) is 5.55. The zero-order chi connectivity index (χ0) is 19.5. The molecule has 0 atom stereocenters. The van der Waals surface area contributed by atoms with E-state index in [-0.39, 0.29) is 11.8 Å². The van der Waals surface area contributed by atoms with Crippen LogP contribution in [-0.4, -0.2) is 5.91 Å². The number of hydrogen-bond acceptors (Lipinski definition) is 3. The number of carbonyl (C=O) groups is 1. The first-order chi connectivity index (χ1) is 12.0. The summed E-state index contributed by atoms with van der Waals surface area (Å²) in [5.74, 6) is -1.12. The SMILES string of the molecule is N#CSc1ccc(NC(=O)c2cc(C(F)(F)F)cc(C(F)(F)F)c2)cc1. The summed E-state index contributed by atoms with van der Waals surface area (Å²) >= 11 is 0.851. The van der Waals surface area contributed by atoms with Crippen LogP contribution in [0, 0.1) is 10.7 Å². The molecule has 0 fully saturated rings. The number of halogens is 6. The van der Waals surface area contributed by atoms with Gasteiger partial charge < -0.3 is 5.32 Å². The second kappa shape index (κ2) is 7.29. The second-order valence-electron chi connectivity index (χ2n) is 4.97. The van der Waals surface area contributed by atoms with E-state index >= 15 is 0 Å². The average molecular weight is 390 g/mol. The van der Waals surface area contributed by atoms with Crippen LogP contribution in [0.3, 0.4) is 0 Å². The van der Waals surface area contributed by atoms with E-state index in [1.807, 2.05) is 5.40 Å². The zero-order valence-electron chi connectivity index (χ0n) is 12.6. The number of anilines is 1. The molecule has 0 radical (unpaired) electrons. The number of alkyl halides is 6. The van der Waals surface area contributed by atoms with E-state index in [9.17, 15) is 31.1 Å². The summed E-state index contributed by atoms with van der Waals surface area (Å²) in [7, 11) is 0. The molecule has 0 aromatic heterocycles. The summed E-state index contributed by atoms with van der Waals surface area (Å²) in [6.07, 6.45) is -10.1. The highest BCUT2D eigenvalue weighted by atomic mass is 32.2. The fourth-order valence-electron chi connectivity index (χ4n) is 1.95. The molecule has 0 heterocycles. The number of nitrogens with zero attached hydrogens (tertiary/aromatic N) is 1. The molecule has 3 nitrogen and oxygen atoms in total. The Morgan fingerprint density at radius 3 is 1.85 bits per heavy atom. The number of carbonyl (C=O) groups excluding carboxylic acids is 1. The van der Waals surface area contributed by atoms with Gasteiger partial charge in [-0.25, -0.2) is 0 Å². The van der Waals surface area contributed by atoms with Crippen molar-refractivity contribution in [3.8, 4) is 5.40 Å². The number of thiocyanates is 1. The van der Waals surface area contributed by atoms with Gasteiger partial charge in [-0.3, -0.25) is 4.79 Å². The van der Waals surface area contributed by atoms with Gasteiger partial charge in [-0.05, 0) is 54.2 Å². The molecule has 1 N–H and O–H groups in total. The summed E-state index contributed by atoms with van der Waals surface area (Å²) in [5.41, 5.74) is -3.76. The minimum absolute atomic E-state index is 0.0509. The Kier molecular flexibility index (Phi) is 5.51. The van der Waals surface area contributed by atoms with Crippen LogP contribution >= 0.6 is 11.8 Å². The van der Waals surface area contributed by atoms with E-state index in [0.29, 0.717) is 17.0 Å². The van der Waals surface area contributed by atoms with Gasteiger partial charge in [0.25, 0.3) is 5.91 Å². The maximum Gasteiger partial charge on any atom is 0.416 e. The first-order valence-electron chi connectivity index (χ1n) is 6.77. The van der Waals surface area contributed by atoms with Crippen LogP contribution < -0.4 is 5.32 Å². The molecule has 2 aromatic carbocycles. The van der Waals surface area contributed by atoms with Crippen LogP contribution in [-0.2, 0) is 12.4 Å². The molecule has 0 unspecified atom stereocenters. The standard InChI is InChI=1S/C16H8F6N2OS/c17-15(18,19)10-5-9(6-11(7-10)16(20,21)22)14(25)24-12-1-3-13(4-2-12)26-8-23/h1-7H,(H,24,25). The molecule has 2 aromatic rings. The van der Waals surface area contributed by atoms with Crippen LogP contribution in [0.5, 0.6) is 0 Å². The molecule has 10 heteroatoms. The number of benzene rings is 2. The topological polar surface area (TPSA) is 52.9 Å². The maximum atomic E-state index is 12.8. The van der Waals surface area contributed by atoms with Crippen molar-refractivity contribution in [2.45, 2.75) is 17.2 Å². The van der Waals surface area contributed by atoms with E-state index < -0.39 is 35.0 Å². The number of nitrogens with one attached hydrogen (secondary N) is 1. The van der Waals surface area contributed by atoms with Crippen molar-refractivity contribution in [2.75, 3.05) is 5.32 Å². The Hall–Kier alpha value is -2.67. The molecule has 0 spiro atoms. The molecular weight excluding hydrogens is 382 g/mol. The van der Waals surface area contributed by atoms with E-state index in [1.165, 1.54) is 24.3 Å². The van der Waals surface area contributed by atoms with Gasteiger partial charge in [-0.1, -0.05) is 0 Å². The molecule has 0 aliphatic rings. The number of nitriles is 1. The molecule has 0 aliphatic carbocycles. The Morgan fingerprint density at radius 1 is 0.923 bits per heavy atom. The molecular formula is C16H8F6N2OS. The number of rotatable bonds is 3. The summed E-state index contributed by atoms with van der Waals surface area (Å²) < 4.78 is 76.9. The molecule has 1 amide bonds. The lowest BCUT2D eigenvalue weighted by Crippen LogP contribution is -2.17. The quantitative estimate of drug-likeness (QED) is 0.425. The second-order valence-corrected chi connectivity index (χ2v) is 5.82. The van der Waals surface area contributed by atoms with Gasteiger partial charge in [-0.15, -0.1) is 0 Å². The third-order valence-corrected chi connectivity index (χ3v) is 3.72. The highest BCUT2D eigenvalue weighted by molar-refractivity contribution is 8.03. The van der Waals surface area contributed by atoms with Crippen molar-refractivity contribution in [1.29, 1.82) is 5.26 Å². The van der Waals surface area contributed by atoms with Gasteiger partial charge in [0.2, 0.25) is 0 Å². The van der Waals surface area contributed by atoms with Gasteiger partial charge in [0.05, 0.1) is 11.1 Å². The van der Waals surface area contributed by atoms with Crippen LogP contribution in [0.15, 0.2) is 47.4 Å². The fourth-order valence-corrected chi connectivity index (χ4v) is 2.33. The van der Waals surface area contributed by atoms with Crippen molar-refractivity contribution < 1.29 is 31.1 Å². The van der Waals surface area contributed by atoms with Crippen molar-refractivity contribution in [3.63, 3.8) is 0 Å². The first-order valence-corrected chi connectivity index (χ1v) is 7.59. The van der Waals surface area contributed by atoms with E-state index in [2.05, 4.69) is 5.32 Å². The maximum absolute atomic E-state index is 12.8. The lowest BCUT2D eigenvalue weighted by Gasteiger charge is -2.14. The predicted molar refractivity (Wildman–Crippen MR) is 82.3 cm³/mol. The van der Waals surface area contributed by atoms with Gasteiger partial charge in [0.15, 0.2) is 0 Å². The van der Waals surface area contributed by atoms with Gasteiger partial charge >= 0.3 is 12.4 Å². The first kappa shape index (κ1) is 19.7. The van der Waals surface area contributed by atoms with E-state index in [0.717, 1.165) is 11.8 Å². The minimum atomic E-state index is -5.04. The van der Waals surface area contributed by atoms with Crippen LogP contribution in [0.4, 0.5) is 32.0 Å². The third-order valence-electron chi connectivity index (χ3n) is 3.13. The Bertz CT molecular complexity index is 821. The lowest BCUT2D eigenvalue weighted by atomic mass is 10.0. The minimum Gasteiger partial charge on any atom is -0.322 e. The highest BCUT2D eigenvalue weighted by Crippen LogP contribution is 2.36. The molecule has 0 saturated heterocycles. The summed E-state index contributed by atoms with van der Waals surface area (Å²) in [4.78, 5) is 12.6. The molecule has 0 aliphatic heterocycles. The number of amides is 1. The van der Waals surface area contributed by atoms with Crippen LogP contribution in [0.2, 0.25) is 0 Å². The molecule has 0 saturated carbocycles. The summed E-state index contributed by atoms with van der Waals surface area (Å²) in [6, 6.07) is 6.33. The van der Waals surface area contributed by atoms with Crippen molar-refractivity contribution in [1.82, 2.24) is 0 Å². The smallest absolute Gasteiger partial charge is 0.322 e. The van der Waals surface area contributed by atoms with Gasteiger partial charge in [-0.2, -0.15) is 31.6 Å². The summed E-state index contributed by atoms with van der Waals surface area (Å²) in [5, 5.41) is 12.6. The van der Waals surface area contributed by atoms with Crippen molar-refractivity contribution in [3.05, 3.63) is 59.2 Å². The largest absolute Gasteiger partial charge is 0.416 e. The van der Waals surface area contributed by atoms with Crippen LogP contribution in [0.25, 0.3) is 0 Å². The van der Waals surface area contributed by atoms with Crippen molar-refractivity contribution >= 4 is 23.4 Å². The lowest BCUT2D eigenvalue weighted by molar-refractivity contribution is -0.143. The van der Waals surface area contributed by atoms with E-state index in [4.69, 9.17) is 5.26 Å². The normalized spacial score (nSPS) is 11.7. The van der Waals surface area contributed by atoms with E-state index in [1.54, 1.807) is 0 Å². The molecule has 136 valence electrons. The molecule has 0 bridgehead atoms. The van der Waals surface area contributed by atoms with Gasteiger partial charge in [0.1, 0.15) is 5.40 Å². The third kappa shape index (κ3) is 4.92. The fraction of sp³-hybridized carbons (Fsp3) is 0.125. The number of hydrogen-bond donors (Lipinski definition) is 1. The van der Waals surface area contributed by atoms with Crippen LogP contribution in [0.1, 0.15) is 21.5 Å². The Labute approximate surface area is 147 Å². The van der Waals surface area contributed by atoms with Crippen molar-refractivity contribution in [2.24, 2.45) is 0 Å². The molecule has 26 heavy (non-hydrogen) atoms. The Balaban J connectivity index is 2.34.